The summed E-state index contributed by atoms with van der Waals surface area (Å²) in [6, 6.07) is 0. The van der Waals surface area contributed by atoms with E-state index in [1.54, 1.807) is 11.8 Å². The molecule has 0 fully saturated rings. The first-order chi connectivity index (χ1) is 3.81. The first kappa shape index (κ1) is 8.66. The van der Waals surface area contributed by atoms with Gasteiger partial charge in [0.05, 0.1) is 0 Å². The lowest BCUT2D eigenvalue weighted by atomic mass is 10.3. The summed E-state index contributed by atoms with van der Waals surface area (Å²) in [6.45, 7) is 0.259. The van der Waals surface area contributed by atoms with Crippen LogP contribution in [0.15, 0.2) is 0 Å². The number of aliphatic hydroxyl groups excluding tert-OH is 1. The van der Waals surface area contributed by atoms with Crippen LogP contribution in [0.2, 0.25) is 0 Å². The molecule has 0 aliphatic rings. The topological polar surface area (TPSA) is 20.2 Å². The number of thioether (sulfide) groups is 1. The van der Waals surface area contributed by atoms with Crippen LogP contribution in [0.1, 0.15) is 6.42 Å². The van der Waals surface area contributed by atoms with E-state index in [0.717, 1.165) is 12.2 Å². The Kier molecular flexibility index (Phi) is 6.27. The van der Waals surface area contributed by atoms with Crippen LogP contribution in [0.3, 0.4) is 0 Å². The van der Waals surface area contributed by atoms with Gasteiger partial charge in [-0.15, -0.1) is 0 Å². The summed E-state index contributed by atoms with van der Waals surface area (Å²) in [4.78, 5) is 0. The van der Waals surface area contributed by atoms with Crippen molar-refractivity contribution in [3.05, 3.63) is 0 Å². The number of hydrogen-bond donors (Lipinski definition) is 2. The van der Waals surface area contributed by atoms with E-state index >= 15 is 0 Å². The van der Waals surface area contributed by atoms with E-state index < -0.39 is 0 Å². The van der Waals surface area contributed by atoms with Crippen LogP contribution in [0.5, 0.6) is 0 Å². The lowest BCUT2D eigenvalue weighted by molar-refractivity contribution is 0.289. The highest BCUT2D eigenvalue weighted by molar-refractivity contribution is 7.99. The monoisotopic (exact) mass is 152 g/mol. The highest BCUT2D eigenvalue weighted by atomic mass is 32.2. The second-order valence-electron chi connectivity index (χ2n) is 1.62. The second kappa shape index (κ2) is 5.79. The molecule has 0 heterocycles. The Bertz CT molecular complexity index is 43.7. The van der Waals surface area contributed by atoms with E-state index in [4.69, 9.17) is 5.11 Å². The number of rotatable bonds is 4. The molecule has 1 atom stereocenters. The van der Waals surface area contributed by atoms with Gasteiger partial charge in [0.25, 0.3) is 0 Å². The van der Waals surface area contributed by atoms with E-state index in [0.29, 0.717) is 5.25 Å². The van der Waals surface area contributed by atoms with Gasteiger partial charge in [-0.05, 0) is 12.7 Å². The molecule has 0 saturated carbocycles. The molecule has 0 spiro atoms. The van der Waals surface area contributed by atoms with Crippen molar-refractivity contribution in [2.45, 2.75) is 11.7 Å². The Morgan fingerprint density at radius 1 is 1.75 bits per heavy atom. The Hall–Kier alpha value is 0.660. The van der Waals surface area contributed by atoms with Gasteiger partial charge in [0, 0.05) is 17.6 Å². The maximum absolute atomic E-state index is 8.41. The standard InChI is InChI=1S/C5H12OS2/c1-8-4-5(7)2-3-6/h5-7H,2-4H2,1H3/t5-/m0/s1. The van der Waals surface area contributed by atoms with Crippen molar-refractivity contribution in [2.75, 3.05) is 18.6 Å². The summed E-state index contributed by atoms with van der Waals surface area (Å²) >= 11 is 5.97. The minimum Gasteiger partial charge on any atom is -0.396 e. The lowest BCUT2D eigenvalue weighted by Gasteiger charge is -2.03. The van der Waals surface area contributed by atoms with Gasteiger partial charge in [0.15, 0.2) is 0 Å². The normalized spacial score (nSPS) is 13.9. The first-order valence-electron chi connectivity index (χ1n) is 2.59. The average molecular weight is 152 g/mol. The fourth-order valence-electron chi connectivity index (χ4n) is 0.425. The molecule has 0 rings (SSSR count). The van der Waals surface area contributed by atoms with Gasteiger partial charge < -0.3 is 5.11 Å². The average Bonchev–Trinajstić information content (AvgIpc) is 1.68. The van der Waals surface area contributed by atoms with Crippen LogP contribution in [-0.4, -0.2) is 29.0 Å². The maximum Gasteiger partial charge on any atom is 0.0441 e. The molecule has 0 aromatic carbocycles. The smallest absolute Gasteiger partial charge is 0.0441 e. The molecule has 0 aromatic heterocycles. The van der Waals surface area contributed by atoms with Crippen molar-refractivity contribution in [2.24, 2.45) is 0 Å². The molecule has 0 amide bonds. The van der Waals surface area contributed by atoms with Crippen LogP contribution < -0.4 is 0 Å². The molecule has 0 bridgehead atoms. The Labute approximate surface area is 60.3 Å². The van der Waals surface area contributed by atoms with E-state index in [9.17, 15) is 0 Å². The third kappa shape index (κ3) is 4.81. The summed E-state index contributed by atoms with van der Waals surface area (Å²) < 4.78 is 0. The number of aliphatic hydroxyl groups is 1. The Morgan fingerprint density at radius 2 is 2.38 bits per heavy atom. The molecule has 0 aromatic rings. The van der Waals surface area contributed by atoms with Gasteiger partial charge in [0.1, 0.15) is 0 Å². The Morgan fingerprint density at radius 3 is 2.75 bits per heavy atom. The van der Waals surface area contributed by atoms with Crippen LogP contribution in [0.4, 0.5) is 0 Å². The summed E-state index contributed by atoms with van der Waals surface area (Å²) in [5, 5.41) is 8.78. The minimum absolute atomic E-state index is 0.259. The molecule has 8 heavy (non-hydrogen) atoms. The van der Waals surface area contributed by atoms with Crippen molar-refractivity contribution in [1.82, 2.24) is 0 Å². The van der Waals surface area contributed by atoms with Crippen LogP contribution in [0, 0.1) is 0 Å². The molecular weight excluding hydrogens is 140 g/mol. The molecule has 3 heteroatoms. The minimum atomic E-state index is 0.259. The van der Waals surface area contributed by atoms with Gasteiger partial charge in [-0.1, -0.05) is 0 Å². The predicted molar refractivity (Wildman–Crippen MR) is 42.9 cm³/mol. The molecule has 1 nitrogen and oxygen atoms in total. The summed E-state index contributed by atoms with van der Waals surface area (Å²) in [7, 11) is 0. The summed E-state index contributed by atoms with van der Waals surface area (Å²) in [5.41, 5.74) is 0. The largest absolute Gasteiger partial charge is 0.396 e. The predicted octanol–water partition coefficient (Wildman–Crippen LogP) is 1.03. The maximum atomic E-state index is 8.41. The molecular formula is C5H12OS2. The molecule has 0 saturated heterocycles. The van der Waals surface area contributed by atoms with Gasteiger partial charge in [0.2, 0.25) is 0 Å². The SMILES string of the molecule is CSC[C@@H](S)CCO. The second-order valence-corrected chi connectivity index (χ2v) is 3.26. The van der Waals surface area contributed by atoms with Crippen LogP contribution >= 0.6 is 24.4 Å². The van der Waals surface area contributed by atoms with Crippen molar-refractivity contribution in [3.63, 3.8) is 0 Å². The molecule has 0 aliphatic carbocycles. The van der Waals surface area contributed by atoms with E-state index in [1.807, 2.05) is 6.26 Å². The fourth-order valence-corrected chi connectivity index (χ4v) is 1.54. The van der Waals surface area contributed by atoms with E-state index in [2.05, 4.69) is 12.6 Å². The number of thiol groups is 1. The van der Waals surface area contributed by atoms with E-state index in [-0.39, 0.29) is 6.61 Å². The molecule has 0 unspecified atom stereocenters. The molecule has 0 radical (unpaired) electrons. The third-order valence-corrected chi connectivity index (χ3v) is 2.24. The zero-order valence-electron chi connectivity index (χ0n) is 5.00. The highest BCUT2D eigenvalue weighted by Crippen LogP contribution is 2.06. The quantitative estimate of drug-likeness (QED) is 0.587. The zero-order chi connectivity index (χ0) is 6.41. The van der Waals surface area contributed by atoms with Crippen molar-refractivity contribution >= 4 is 24.4 Å². The van der Waals surface area contributed by atoms with Crippen molar-refractivity contribution in [3.8, 4) is 0 Å². The first-order valence-corrected chi connectivity index (χ1v) is 4.50. The lowest BCUT2D eigenvalue weighted by Crippen LogP contribution is -2.03. The fraction of sp³-hybridized carbons (Fsp3) is 1.00. The molecule has 0 aliphatic heterocycles. The van der Waals surface area contributed by atoms with Gasteiger partial charge >= 0.3 is 0 Å². The third-order valence-electron chi connectivity index (χ3n) is 0.821. The number of hydrogen-bond acceptors (Lipinski definition) is 3. The van der Waals surface area contributed by atoms with Gasteiger partial charge in [-0.25, -0.2) is 0 Å². The van der Waals surface area contributed by atoms with Crippen LogP contribution in [0.25, 0.3) is 0 Å². The highest BCUT2D eigenvalue weighted by Gasteiger charge is 1.98. The summed E-state index contributed by atoms with van der Waals surface area (Å²) in [5.74, 6) is 1.03. The van der Waals surface area contributed by atoms with Crippen LogP contribution in [-0.2, 0) is 0 Å². The van der Waals surface area contributed by atoms with Crippen molar-refractivity contribution < 1.29 is 5.11 Å². The van der Waals surface area contributed by atoms with E-state index in [1.165, 1.54) is 0 Å². The molecule has 1 N–H and O–H groups in total. The molecule has 50 valence electrons. The van der Waals surface area contributed by atoms with Gasteiger partial charge in [-0.2, -0.15) is 24.4 Å². The van der Waals surface area contributed by atoms with Crippen molar-refractivity contribution in [1.29, 1.82) is 0 Å². The van der Waals surface area contributed by atoms with Gasteiger partial charge in [-0.3, -0.25) is 0 Å². The summed E-state index contributed by atoms with van der Waals surface area (Å²) in [6.07, 6.45) is 2.85. The Balaban J connectivity index is 2.92. The zero-order valence-corrected chi connectivity index (χ0v) is 6.71.